The zero-order chi connectivity index (χ0) is 12.3. The molecule has 1 unspecified atom stereocenters. The Morgan fingerprint density at radius 1 is 1.18 bits per heavy atom. The van der Waals surface area contributed by atoms with Crippen LogP contribution in [-0.4, -0.2) is 0 Å². The maximum atomic E-state index is 6.13. The van der Waals surface area contributed by atoms with Gasteiger partial charge in [0.1, 0.15) is 0 Å². The van der Waals surface area contributed by atoms with E-state index in [0.717, 1.165) is 26.9 Å². The minimum Gasteiger partial charge on any atom is -0.271 e. The van der Waals surface area contributed by atoms with Crippen molar-refractivity contribution in [2.75, 3.05) is 0 Å². The molecule has 0 radical (unpaired) electrons. The summed E-state index contributed by atoms with van der Waals surface area (Å²) in [6.07, 6.45) is 0.719. The lowest BCUT2D eigenvalue weighted by atomic mass is 10.1. The maximum absolute atomic E-state index is 6.13. The van der Waals surface area contributed by atoms with Crippen molar-refractivity contribution in [3.8, 4) is 0 Å². The third-order valence-electron chi connectivity index (χ3n) is 2.54. The van der Waals surface area contributed by atoms with E-state index in [2.05, 4.69) is 5.43 Å². The van der Waals surface area contributed by atoms with Gasteiger partial charge in [0.05, 0.1) is 11.1 Å². The van der Waals surface area contributed by atoms with Crippen molar-refractivity contribution in [2.24, 2.45) is 5.84 Å². The summed E-state index contributed by atoms with van der Waals surface area (Å²) in [5.41, 5.74) is 3.85. The quantitative estimate of drug-likeness (QED) is 0.663. The molecule has 1 heterocycles. The predicted octanol–water partition coefficient (Wildman–Crippen LogP) is 3.80. The van der Waals surface area contributed by atoms with Gasteiger partial charge in [-0.25, -0.2) is 0 Å². The predicted molar refractivity (Wildman–Crippen MR) is 74.5 cm³/mol. The highest BCUT2D eigenvalue weighted by atomic mass is 35.5. The second-order valence-electron chi connectivity index (χ2n) is 3.65. The van der Waals surface area contributed by atoms with Crippen LogP contribution in [0.3, 0.4) is 0 Å². The summed E-state index contributed by atoms with van der Waals surface area (Å²) in [4.78, 5) is 1.04. The smallest absolute Gasteiger partial charge is 0.0609 e. The van der Waals surface area contributed by atoms with Crippen molar-refractivity contribution in [2.45, 2.75) is 12.5 Å². The molecule has 2 aromatic rings. The van der Waals surface area contributed by atoms with E-state index in [1.54, 1.807) is 11.3 Å². The van der Waals surface area contributed by atoms with Crippen LogP contribution in [0.5, 0.6) is 0 Å². The van der Waals surface area contributed by atoms with Gasteiger partial charge in [-0.05, 0) is 29.5 Å². The van der Waals surface area contributed by atoms with E-state index < -0.39 is 0 Å². The molecule has 0 spiro atoms. The SMILES string of the molecule is NNC(Cc1ccccc1Cl)c1sccc1Cl. The molecule has 1 atom stereocenters. The average Bonchev–Trinajstić information content (AvgIpc) is 2.75. The molecule has 0 amide bonds. The van der Waals surface area contributed by atoms with Gasteiger partial charge in [0, 0.05) is 9.90 Å². The average molecular weight is 287 g/mol. The Morgan fingerprint density at radius 2 is 1.94 bits per heavy atom. The summed E-state index contributed by atoms with van der Waals surface area (Å²) >= 11 is 13.8. The Kier molecular flexibility index (Phi) is 4.42. The van der Waals surface area contributed by atoms with Crippen molar-refractivity contribution in [1.29, 1.82) is 0 Å². The van der Waals surface area contributed by atoms with Crippen LogP contribution in [0.1, 0.15) is 16.5 Å². The number of nitrogens with one attached hydrogen (secondary N) is 1. The Hall–Kier alpha value is -0.580. The highest BCUT2D eigenvalue weighted by Gasteiger charge is 2.16. The van der Waals surface area contributed by atoms with Crippen molar-refractivity contribution in [1.82, 2.24) is 5.43 Å². The Labute approximate surface area is 114 Å². The van der Waals surface area contributed by atoms with Crippen LogP contribution in [0.2, 0.25) is 10.0 Å². The van der Waals surface area contributed by atoms with Crippen molar-refractivity contribution in [3.05, 3.63) is 56.2 Å². The second-order valence-corrected chi connectivity index (χ2v) is 5.41. The zero-order valence-electron chi connectivity index (χ0n) is 8.99. The highest BCUT2D eigenvalue weighted by Crippen LogP contribution is 2.31. The molecule has 90 valence electrons. The zero-order valence-corrected chi connectivity index (χ0v) is 11.3. The molecule has 0 aliphatic rings. The minimum atomic E-state index is -0.0117. The third kappa shape index (κ3) is 3.00. The summed E-state index contributed by atoms with van der Waals surface area (Å²) < 4.78 is 0. The number of nitrogens with two attached hydrogens (primary N) is 1. The van der Waals surface area contributed by atoms with E-state index in [4.69, 9.17) is 29.0 Å². The lowest BCUT2D eigenvalue weighted by Gasteiger charge is -2.15. The molecule has 1 aromatic carbocycles. The van der Waals surface area contributed by atoms with Crippen molar-refractivity contribution >= 4 is 34.5 Å². The summed E-state index contributed by atoms with van der Waals surface area (Å²) in [6, 6.07) is 9.61. The first-order valence-electron chi connectivity index (χ1n) is 5.14. The molecule has 0 saturated heterocycles. The van der Waals surface area contributed by atoms with Gasteiger partial charge in [0.15, 0.2) is 0 Å². The Balaban J connectivity index is 2.22. The number of rotatable bonds is 4. The number of hydrogen-bond donors (Lipinski definition) is 2. The van der Waals surface area contributed by atoms with Crippen LogP contribution < -0.4 is 11.3 Å². The molecule has 0 aliphatic heterocycles. The fourth-order valence-electron chi connectivity index (χ4n) is 1.67. The number of hydrogen-bond acceptors (Lipinski definition) is 3. The van der Waals surface area contributed by atoms with Gasteiger partial charge >= 0.3 is 0 Å². The second kappa shape index (κ2) is 5.85. The maximum Gasteiger partial charge on any atom is 0.0609 e. The topological polar surface area (TPSA) is 38.0 Å². The number of benzene rings is 1. The summed E-state index contributed by atoms with van der Waals surface area (Å²) in [5, 5.41) is 3.44. The highest BCUT2D eigenvalue weighted by molar-refractivity contribution is 7.10. The molecule has 2 rings (SSSR count). The Bertz CT molecular complexity index is 499. The molecular formula is C12H12Cl2N2S. The van der Waals surface area contributed by atoms with E-state index in [9.17, 15) is 0 Å². The monoisotopic (exact) mass is 286 g/mol. The van der Waals surface area contributed by atoms with Gasteiger partial charge in [-0.15, -0.1) is 11.3 Å². The van der Waals surface area contributed by atoms with Crippen molar-refractivity contribution in [3.63, 3.8) is 0 Å². The van der Waals surface area contributed by atoms with Gasteiger partial charge in [-0.1, -0.05) is 41.4 Å². The van der Waals surface area contributed by atoms with E-state index in [0.29, 0.717) is 0 Å². The molecule has 3 N–H and O–H groups in total. The first kappa shape index (κ1) is 12.9. The number of thiophene rings is 1. The fraction of sp³-hybridized carbons (Fsp3) is 0.167. The standard InChI is InChI=1S/C12H12Cl2N2S/c13-9-4-2-1-3-8(9)7-11(16-15)12-10(14)5-6-17-12/h1-6,11,16H,7,15H2. The first-order chi connectivity index (χ1) is 8.22. The summed E-state index contributed by atoms with van der Waals surface area (Å²) in [6.45, 7) is 0. The molecular weight excluding hydrogens is 275 g/mol. The largest absolute Gasteiger partial charge is 0.271 e. The molecule has 5 heteroatoms. The minimum absolute atomic E-state index is 0.0117. The molecule has 2 nitrogen and oxygen atoms in total. The number of halogens is 2. The van der Waals surface area contributed by atoms with Crippen molar-refractivity contribution < 1.29 is 0 Å². The molecule has 0 aliphatic carbocycles. The summed E-state index contributed by atoms with van der Waals surface area (Å²) in [7, 11) is 0. The normalized spacial score (nSPS) is 12.6. The lowest BCUT2D eigenvalue weighted by molar-refractivity contribution is 0.561. The molecule has 1 aromatic heterocycles. The van der Waals surface area contributed by atoms with Gasteiger partial charge in [0.2, 0.25) is 0 Å². The molecule has 0 saturated carbocycles. The fourth-order valence-corrected chi connectivity index (χ4v) is 3.13. The van der Waals surface area contributed by atoms with Crippen LogP contribution >= 0.6 is 34.5 Å². The van der Waals surface area contributed by atoms with Crippen LogP contribution in [0.25, 0.3) is 0 Å². The van der Waals surface area contributed by atoms with Crippen LogP contribution in [0.15, 0.2) is 35.7 Å². The van der Waals surface area contributed by atoms with Crippen LogP contribution in [0.4, 0.5) is 0 Å². The van der Waals surface area contributed by atoms with Gasteiger partial charge in [-0.3, -0.25) is 11.3 Å². The van der Waals surface area contributed by atoms with E-state index in [-0.39, 0.29) is 6.04 Å². The van der Waals surface area contributed by atoms with Crippen LogP contribution in [-0.2, 0) is 6.42 Å². The summed E-state index contributed by atoms with van der Waals surface area (Å²) in [5.74, 6) is 5.59. The molecule has 0 bridgehead atoms. The van der Waals surface area contributed by atoms with Gasteiger partial charge in [0.25, 0.3) is 0 Å². The first-order valence-corrected chi connectivity index (χ1v) is 6.78. The number of hydrazine groups is 1. The van der Waals surface area contributed by atoms with Crippen LogP contribution in [0, 0.1) is 0 Å². The molecule has 17 heavy (non-hydrogen) atoms. The third-order valence-corrected chi connectivity index (χ3v) is 4.39. The van der Waals surface area contributed by atoms with E-state index in [1.165, 1.54) is 0 Å². The van der Waals surface area contributed by atoms with Gasteiger partial charge < -0.3 is 0 Å². The van der Waals surface area contributed by atoms with Gasteiger partial charge in [-0.2, -0.15) is 0 Å². The lowest BCUT2D eigenvalue weighted by Crippen LogP contribution is -2.29. The Morgan fingerprint density at radius 3 is 2.53 bits per heavy atom. The molecule has 0 fully saturated rings. The van der Waals surface area contributed by atoms with E-state index in [1.807, 2.05) is 35.7 Å². The van der Waals surface area contributed by atoms with E-state index >= 15 is 0 Å².